The molecule has 1 atom stereocenters. The Morgan fingerprint density at radius 1 is 1.30 bits per heavy atom. The lowest BCUT2D eigenvalue weighted by atomic mass is 10.1. The van der Waals surface area contributed by atoms with Gasteiger partial charge in [0.05, 0.1) is 18.8 Å². The quantitative estimate of drug-likeness (QED) is 0.707. The zero-order valence-corrected chi connectivity index (χ0v) is 16.1. The predicted molar refractivity (Wildman–Crippen MR) is 103 cm³/mol. The highest BCUT2D eigenvalue weighted by Crippen LogP contribution is 2.15. The van der Waals surface area contributed by atoms with E-state index < -0.39 is 0 Å². The minimum atomic E-state index is -0.185. The Labute approximate surface area is 161 Å². The fourth-order valence-corrected chi connectivity index (χ4v) is 3.77. The third-order valence-electron chi connectivity index (χ3n) is 5.35. The van der Waals surface area contributed by atoms with Crippen LogP contribution in [0.15, 0.2) is 24.5 Å². The topological polar surface area (TPSA) is 77.9 Å². The van der Waals surface area contributed by atoms with Crippen LogP contribution in [0.5, 0.6) is 0 Å². The molecule has 1 aromatic heterocycles. The van der Waals surface area contributed by atoms with E-state index in [1.807, 2.05) is 23.2 Å². The van der Waals surface area contributed by atoms with Gasteiger partial charge in [-0.3, -0.25) is 4.98 Å². The Morgan fingerprint density at radius 2 is 2.15 bits per heavy atom. The summed E-state index contributed by atoms with van der Waals surface area (Å²) in [7, 11) is 0. The van der Waals surface area contributed by atoms with Crippen LogP contribution in [-0.4, -0.2) is 77.4 Å². The van der Waals surface area contributed by atoms with Crippen LogP contribution >= 0.6 is 0 Å². The summed E-state index contributed by atoms with van der Waals surface area (Å²) >= 11 is 0. The average molecular weight is 377 g/mol. The summed E-state index contributed by atoms with van der Waals surface area (Å²) < 4.78 is 5.95. The van der Waals surface area contributed by atoms with Gasteiger partial charge >= 0.3 is 6.03 Å². The molecular weight excluding hydrogens is 344 g/mol. The van der Waals surface area contributed by atoms with Crippen molar-refractivity contribution >= 4 is 6.03 Å². The van der Waals surface area contributed by atoms with Gasteiger partial charge in [0.2, 0.25) is 0 Å². The maximum absolute atomic E-state index is 12.3. The second-order valence-electron chi connectivity index (χ2n) is 7.54. The molecule has 3 rings (SSSR count). The number of nitrogens with zero attached hydrogens (tertiary/aromatic N) is 3. The van der Waals surface area contributed by atoms with Gasteiger partial charge in [0.1, 0.15) is 0 Å². The average Bonchev–Trinajstić information content (AvgIpc) is 2.71. The van der Waals surface area contributed by atoms with Crippen LogP contribution in [0.4, 0.5) is 4.79 Å². The van der Waals surface area contributed by atoms with E-state index in [2.05, 4.69) is 15.2 Å². The molecule has 1 aromatic rings. The molecule has 0 aliphatic carbocycles. The molecule has 0 aromatic carbocycles. The van der Waals surface area contributed by atoms with Crippen LogP contribution < -0.4 is 5.32 Å². The number of hydrogen-bond donors (Lipinski definition) is 2. The molecule has 2 saturated heterocycles. The van der Waals surface area contributed by atoms with E-state index in [9.17, 15) is 9.90 Å². The Balaban J connectivity index is 1.26. The van der Waals surface area contributed by atoms with Crippen molar-refractivity contribution in [3.05, 3.63) is 30.1 Å². The molecule has 27 heavy (non-hydrogen) atoms. The number of aliphatic hydroxyl groups excluding tert-OH is 1. The van der Waals surface area contributed by atoms with E-state index in [1.54, 1.807) is 6.20 Å². The van der Waals surface area contributed by atoms with E-state index in [1.165, 1.54) is 0 Å². The smallest absolute Gasteiger partial charge is 0.317 e. The van der Waals surface area contributed by atoms with Gasteiger partial charge in [-0.1, -0.05) is 6.07 Å². The highest BCUT2D eigenvalue weighted by atomic mass is 16.5. The normalized spacial score (nSPS) is 22.0. The third-order valence-corrected chi connectivity index (χ3v) is 5.35. The van der Waals surface area contributed by atoms with Crippen LogP contribution in [0.3, 0.4) is 0 Å². The van der Waals surface area contributed by atoms with Gasteiger partial charge in [-0.05, 0) is 56.8 Å². The summed E-state index contributed by atoms with van der Waals surface area (Å²) in [6, 6.07) is 3.96. The number of β-amino-alcohol motifs (C(OH)–C–C–N with tert-alkyl or cyclic N) is 1. The van der Waals surface area contributed by atoms with E-state index in [4.69, 9.17) is 4.74 Å². The first kappa shape index (κ1) is 20.0. The van der Waals surface area contributed by atoms with Crippen molar-refractivity contribution in [2.75, 3.05) is 39.3 Å². The minimum absolute atomic E-state index is 0.0272. The lowest BCUT2D eigenvalue weighted by molar-refractivity contribution is 0.00434. The molecule has 7 nitrogen and oxygen atoms in total. The number of ether oxygens (including phenoxy) is 1. The van der Waals surface area contributed by atoms with E-state index in [0.29, 0.717) is 13.2 Å². The highest BCUT2D eigenvalue weighted by molar-refractivity contribution is 5.74. The van der Waals surface area contributed by atoms with E-state index >= 15 is 0 Å². The predicted octanol–water partition coefficient (Wildman–Crippen LogP) is 1.62. The number of amides is 2. The van der Waals surface area contributed by atoms with Gasteiger partial charge in [-0.2, -0.15) is 0 Å². The van der Waals surface area contributed by atoms with Crippen LogP contribution in [0.2, 0.25) is 0 Å². The number of nitrogens with one attached hydrogen (secondary N) is 1. The van der Waals surface area contributed by atoms with Crippen molar-refractivity contribution in [2.24, 2.45) is 0 Å². The molecule has 0 spiro atoms. The molecule has 2 aliphatic heterocycles. The van der Waals surface area contributed by atoms with Crippen molar-refractivity contribution in [1.82, 2.24) is 20.1 Å². The number of aliphatic hydroxyl groups is 1. The molecule has 0 saturated carbocycles. The molecular formula is C20H32N4O3. The highest BCUT2D eigenvalue weighted by Gasteiger charge is 2.23. The monoisotopic (exact) mass is 376 g/mol. The largest absolute Gasteiger partial charge is 0.392 e. The molecule has 150 valence electrons. The number of pyridine rings is 1. The summed E-state index contributed by atoms with van der Waals surface area (Å²) in [4.78, 5) is 20.6. The van der Waals surface area contributed by atoms with Gasteiger partial charge < -0.3 is 25.0 Å². The molecule has 2 aliphatic rings. The van der Waals surface area contributed by atoms with Crippen molar-refractivity contribution in [3.63, 3.8) is 0 Å². The Morgan fingerprint density at radius 3 is 2.89 bits per heavy atom. The van der Waals surface area contributed by atoms with Gasteiger partial charge in [0.25, 0.3) is 0 Å². The summed E-state index contributed by atoms with van der Waals surface area (Å²) in [5.41, 5.74) is 1.08. The van der Waals surface area contributed by atoms with Crippen molar-refractivity contribution < 1.29 is 14.6 Å². The van der Waals surface area contributed by atoms with Crippen molar-refractivity contribution in [3.8, 4) is 0 Å². The summed E-state index contributed by atoms with van der Waals surface area (Å²) in [6.45, 7) is 5.49. The number of piperidine rings is 2. The minimum Gasteiger partial charge on any atom is -0.392 e. The zero-order valence-electron chi connectivity index (χ0n) is 16.1. The van der Waals surface area contributed by atoms with Crippen LogP contribution in [0, 0.1) is 0 Å². The first-order valence-electron chi connectivity index (χ1n) is 10.1. The standard InChI is InChI=1S/C20H32N4O3/c25-18-5-2-10-23(15-18)11-3-9-22-20(26)24-12-6-19(7-13-24)27-16-17-4-1-8-21-14-17/h1,4,8,14,18-19,25H,2-3,5-7,9-13,15-16H2,(H,22,26). The van der Waals surface area contributed by atoms with Gasteiger partial charge in [0, 0.05) is 38.6 Å². The Bertz CT molecular complexity index is 564. The van der Waals surface area contributed by atoms with Crippen molar-refractivity contribution in [1.29, 1.82) is 0 Å². The molecule has 2 amide bonds. The number of rotatable bonds is 7. The second-order valence-corrected chi connectivity index (χ2v) is 7.54. The molecule has 7 heteroatoms. The van der Waals surface area contributed by atoms with E-state index in [0.717, 1.165) is 70.4 Å². The summed E-state index contributed by atoms with van der Waals surface area (Å²) in [5, 5.41) is 12.7. The second kappa shape index (κ2) is 10.6. The Hall–Kier alpha value is -1.70. The molecule has 2 fully saturated rings. The third kappa shape index (κ3) is 6.75. The molecule has 1 unspecified atom stereocenters. The number of aromatic nitrogens is 1. The molecule has 0 bridgehead atoms. The SMILES string of the molecule is O=C(NCCCN1CCCC(O)C1)N1CCC(OCc2cccnc2)CC1. The number of carbonyl (C=O) groups is 1. The molecule has 2 N–H and O–H groups in total. The maximum atomic E-state index is 12.3. The van der Waals surface area contributed by atoms with E-state index in [-0.39, 0.29) is 18.2 Å². The Kier molecular flexibility index (Phi) is 7.86. The number of carbonyl (C=O) groups excluding carboxylic acids is 1. The molecule has 0 radical (unpaired) electrons. The summed E-state index contributed by atoms with van der Waals surface area (Å²) in [6.07, 6.45) is 8.25. The van der Waals surface area contributed by atoms with Gasteiger partial charge in [-0.15, -0.1) is 0 Å². The lowest BCUT2D eigenvalue weighted by Crippen LogP contribution is -2.46. The summed E-state index contributed by atoms with van der Waals surface area (Å²) in [5.74, 6) is 0. The van der Waals surface area contributed by atoms with Crippen LogP contribution in [0.1, 0.15) is 37.7 Å². The fourth-order valence-electron chi connectivity index (χ4n) is 3.77. The first-order chi connectivity index (χ1) is 13.2. The van der Waals surface area contributed by atoms with Crippen LogP contribution in [0.25, 0.3) is 0 Å². The maximum Gasteiger partial charge on any atom is 0.317 e. The molecule has 3 heterocycles. The van der Waals surface area contributed by atoms with Gasteiger partial charge in [-0.25, -0.2) is 4.79 Å². The number of hydrogen-bond acceptors (Lipinski definition) is 5. The van der Waals surface area contributed by atoms with Gasteiger partial charge in [0.15, 0.2) is 0 Å². The number of urea groups is 1. The number of likely N-dealkylation sites (tertiary alicyclic amines) is 2. The zero-order chi connectivity index (χ0) is 18.9. The van der Waals surface area contributed by atoms with Crippen LogP contribution in [-0.2, 0) is 11.3 Å². The lowest BCUT2D eigenvalue weighted by Gasteiger charge is -2.32. The van der Waals surface area contributed by atoms with Crippen molar-refractivity contribution in [2.45, 2.75) is 50.9 Å². The first-order valence-corrected chi connectivity index (χ1v) is 10.1. The fraction of sp³-hybridized carbons (Fsp3) is 0.700.